The summed E-state index contributed by atoms with van der Waals surface area (Å²) in [6, 6.07) is 8.00. The number of hydrogen-bond donors (Lipinski definition) is 2. The van der Waals surface area contributed by atoms with Gasteiger partial charge in [-0.05, 0) is 43.6 Å². The predicted molar refractivity (Wildman–Crippen MR) is 125 cm³/mol. The number of nitrogens with zero attached hydrogens (tertiary/aromatic N) is 1. The Morgan fingerprint density at radius 2 is 1.96 bits per heavy atom. The number of ether oxygens (including phenoxy) is 1. The van der Waals surface area contributed by atoms with Gasteiger partial charge in [-0.25, -0.2) is 0 Å². The molecule has 2 N–H and O–H groups in total. The molecule has 148 valence electrons. The van der Waals surface area contributed by atoms with Crippen molar-refractivity contribution in [3.63, 3.8) is 0 Å². The fourth-order valence-corrected chi connectivity index (χ4v) is 4.43. The summed E-state index contributed by atoms with van der Waals surface area (Å²) in [5.74, 6) is 2.00. The molecule has 0 amide bonds. The van der Waals surface area contributed by atoms with Crippen molar-refractivity contribution in [3.8, 4) is 0 Å². The largest absolute Gasteiger partial charge is 0.381 e. The molecule has 0 unspecified atom stereocenters. The zero-order valence-electron chi connectivity index (χ0n) is 15.7. The molecular weight excluding hydrogens is 481 g/mol. The normalized spacial score (nSPS) is 16.7. The third kappa shape index (κ3) is 7.82. The van der Waals surface area contributed by atoms with Crippen LogP contribution in [0, 0.1) is 0 Å². The van der Waals surface area contributed by atoms with Crippen LogP contribution in [0.2, 0.25) is 5.02 Å². The van der Waals surface area contributed by atoms with Crippen LogP contribution >= 0.6 is 47.3 Å². The summed E-state index contributed by atoms with van der Waals surface area (Å²) in [6.07, 6.45) is 3.04. The standard InChI is InChI=1S/C19H30ClN3OS.HI/c1-3-21-18(22-12-9-16-7-5-6-8-17(16)20)23-15-19(25-4-2)10-13-24-14-11-19;/h5-8H,3-4,9-15H2,1-2H3,(H2,21,22,23);1H. The number of aliphatic imine (C=N–C) groups is 1. The van der Waals surface area contributed by atoms with E-state index >= 15 is 0 Å². The minimum atomic E-state index is 0. The van der Waals surface area contributed by atoms with Crippen molar-refractivity contribution in [2.24, 2.45) is 4.99 Å². The summed E-state index contributed by atoms with van der Waals surface area (Å²) < 4.78 is 5.77. The second kappa shape index (κ2) is 13.1. The zero-order valence-corrected chi connectivity index (χ0v) is 19.6. The first-order valence-electron chi connectivity index (χ1n) is 9.16. The van der Waals surface area contributed by atoms with Crippen LogP contribution in [0.15, 0.2) is 29.3 Å². The van der Waals surface area contributed by atoms with Gasteiger partial charge < -0.3 is 15.4 Å². The van der Waals surface area contributed by atoms with Crippen LogP contribution in [0.25, 0.3) is 0 Å². The van der Waals surface area contributed by atoms with Gasteiger partial charge in [0.25, 0.3) is 0 Å². The van der Waals surface area contributed by atoms with E-state index in [0.717, 1.165) is 74.4 Å². The van der Waals surface area contributed by atoms with E-state index in [0.29, 0.717) is 0 Å². The molecule has 1 fully saturated rings. The Bertz CT molecular complexity index is 548. The van der Waals surface area contributed by atoms with Gasteiger partial charge in [0, 0.05) is 36.1 Å². The van der Waals surface area contributed by atoms with E-state index in [9.17, 15) is 0 Å². The maximum absolute atomic E-state index is 6.23. The van der Waals surface area contributed by atoms with Gasteiger partial charge in [0.1, 0.15) is 0 Å². The lowest BCUT2D eigenvalue weighted by Crippen LogP contribution is -2.41. The first-order chi connectivity index (χ1) is 12.2. The number of rotatable bonds is 8. The van der Waals surface area contributed by atoms with Crippen LogP contribution in [-0.4, -0.2) is 49.3 Å². The third-order valence-corrected chi connectivity index (χ3v) is 6.18. The first-order valence-corrected chi connectivity index (χ1v) is 10.5. The van der Waals surface area contributed by atoms with Crippen molar-refractivity contribution in [2.75, 3.05) is 38.6 Å². The lowest BCUT2D eigenvalue weighted by atomic mass is 9.99. The molecule has 0 aromatic heterocycles. The van der Waals surface area contributed by atoms with Gasteiger partial charge in [-0.3, -0.25) is 4.99 Å². The van der Waals surface area contributed by atoms with Crippen LogP contribution < -0.4 is 10.6 Å². The quantitative estimate of drug-likeness (QED) is 0.309. The van der Waals surface area contributed by atoms with Crippen molar-refractivity contribution in [3.05, 3.63) is 34.9 Å². The van der Waals surface area contributed by atoms with Gasteiger partial charge >= 0.3 is 0 Å². The molecule has 1 heterocycles. The van der Waals surface area contributed by atoms with Gasteiger partial charge in [-0.2, -0.15) is 11.8 Å². The van der Waals surface area contributed by atoms with E-state index in [2.05, 4.69) is 30.5 Å². The van der Waals surface area contributed by atoms with Gasteiger partial charge in [0.05, 0.1) is 6.54 Å². The van der Waals surface area contributed by atoms with Gasteiger partial charge in [0.15, 0.2) is 5.96 Å². The van der Waals surface area contributed by atoms with Gasteiger partial charge in [-0.15, -0.1) is 24.0 Å². The van der Waals surface area contributed by atoms with Gasteiger partial charge in [0.2, 0.25) is 0 Å². The molecule has 1 aromatic rings. The Balaban J connectivity index is 0.00000338. The lowest BCUT2D eigenvalue weighted by Gasteiger charge is -2.35. The van der Waals surface area contributed by atoms with E-state index in [-0.39, 0.29) is 28.7 Å². The Morgan fingerprint density at radius 3 is 2.62 bits per heavy atom. The maximum Gasteiger partial charge on any atom is 0.191 e. The molecule has 1 aliphatic rings. The number of guanidine groups is 1. The molecule has 7 heteroatoms. The minimum absolute atomic E-state index is 0. The van der Waals surface area contributed by atoms with Crippen LogP contribution in [0.4, 0.5) is 0 Å². The first kappa shape index (κ1) is 23.9. The van der Waals surface area contributed by atoms with E-state index in [1.165, 1.54) is 0 Å². The summed E-state index contributed by atoms with van der Waals surface area (Å²) in [7, 11) is 0. The topological polar surface area (TPSA) is 45.7 Å². The second-order valence-electron chi connectivity index (χ2n) is 6.19. The molecule has 1 saturated heterocycles. The fraction of sp³-hybridized carbons (Fsp3) is 0.632. The monoisotopic (exact) mass is 511 g/mol. The molecule has 0 atom stereocenters. The van der Waals surface area contributed by atoms with E-state index < -0.39 is 0 Å². The Labute approximate surface area is 184 Å². The second-order valence-corrected chi connectivity index (χ2v) is 8.33. The van der Waals surface area contributed by atoms with Crippen LogP contribution in [0.5, 0.6) is 0 Å². The molecule has 2 rings (SSSR count). The Morgan fingerprint density at radius 1 is 1.23 bits per heavy atom. The SMILES string of the molecule is CCNC(=NCC1(SCC)CCOCC1)NCCc1ccccc1Cl.I. The van der Waals surface area contributed by atoms with E-state index in [1.54, 1.807) is 0 Å². The summed E-state index contributed by atoms with van der Waals surface area (Å²) in [4.78, 5) is 4.87. The maximum atomic E-state index is 6.23. The molecule has 0 radical (unpaired) electrons. The van der Waals surface area contributed by atoms with Crippen molar-refractivity contribution >= 4 is 53.3 Å². The summed E-state index contributed by atoms with van der Waals surface area (Å²) >= 11 is 8.25. The number of halogens is 2. The molecule has 26 heavy (non-hydrogen) atoms. The van der Waals surface area contributed by atoms with E-state index in [4.69, 9.17) is 21.3 Å². The molecule has 0 aliphatic carbocycles. The van der Waals surface area contributed by atoms with Crippen molar-refractivity contribution in [1.29, 1.82) is 0 Å². The smallest absolute Gasteiger partial charge is 0.191 e. The van der Waals surface area contributed by atoms with Gasteiger partial charge in [-0.1, -0.05) is 36.7 Å². The Kier molecular flexibility index (Phi) is 12.0. The zero-order chi connectivity index (χ0) is 18.0. The minimum Gasteiger partial charge on any atom is -0.381 e. The van der Waals surface area contributed by atoms with E-state index in [1.807, 2.05) is 30.0 Å². The highest BCUT2D eigenvalue weighted by molar-refractivity contribution is 14.0. The molecule has 1 aromatic carbocycles. The number of hydrogen-bond acceptors (Lipinski definition) is 3. The van der Waals surface area contributed by atoms with Crippen molar-refractivity contribution in [1.82, 2.24) is 10.6 Å². The van der Waals surface area contributed by atoms with Crippen LogP contribution in [-0.2, 0) is 11.2 Å². The number of thioether (sulfide) groups is 1. The highest BCUT2D eigenvalue weighted by Gasteiger charge is 2.32. The average molecular weight is 512 g/mol. The summed E-state index contributed by atoms with van der Waals surface area (Å²) in [5.41, 5.74) is 1.16. The van der Waals surface area contributed by atoms with Crippen LogP contribution in [0.3, 0.4) is 0 Å². The Hall–Kier alpha value is -0.180. The van der Waals surface area contributed by atoms with Crippen molar-refractivity contribution < 1.29 is 4.74 Å². The number of nitrogens with one attached hydrogen (secondary N) is 2. The molecule has 0 saturated carbocycles. The highest BCUT2D eigenvalue weighted by Crippen LogP contribution is 2.35. The average Bonchev–Trinajstić information content (AvgIpc) is 2.62. The molecular formula is C19H31ClIN3OS. The molecule has 1 aliphatic heterocycles. The summed E-state index contributed by atoms with van der Waals surface area (Å²) in [6.45, 7) is 8.50. The predicted octanol–water partition coefficient (Wildman–Crippen LogP) is 4.36. The third-order valence-electron chi connectivity index (χ3n) is 4.37. The fourth-order valence-electron chi connectivity index (χ4n) is 2.98. The van der Waals surface area contributed by atoms with Crippen molar-refractivity contribution in [2.45, 2.75) is 37.9 Å². The highest BCUT2D eigenvalue weighted by atomic mass is 127. The molecule has 0 spiro atoms. The van der Waals surface area contributed by atoms with Crippen LogP contribution in [0.1, 0.15) is 32.3 Å². The lowest BCUT2D eigenvalue weighted by molar-refractivity contribution is 0.0793. The summed E-state index contributed by atoms with van der Waals surface area (Å²) in [5, 5.41) is 7.61. The number of benzene rings is 1. The molecule has 4 nitrogen and oxygen atoms in total. The molecule has 0 bridgehead atoms.